The maximum Gasteiger partial charge on any atom is 0.270 e. The molecule has 0 spiro atoms. The number of aromatic amines is 1. The fourth-order valence-electron chi connectivity index (χ4n) is 2.68. The average molecular weight is 403 g/mol. The summed E-state index contributed by atoms with van der Waals surface area (Å²) in [7, 11) is 0. The molecule has 30 heavy (non-hydrogen) atoms. The Morgan fingerprint density at radius 3 is 2.83 bits per heavy atom. The van der Waals surface area contributed by atoms with Crippen LogP contribution in [0.25, 0.3) is 11.3 Å². The van der Waals surface area contributed by atoms with Crippen LogP contribution in [0.1, 0.15) is 16.7 Å². The zero-order valence-electron chi connectivity index (χ0n) is 15.9. The maximum atomic E-state index is 13.6. The predicted molar refractivity (Wildman–Crippen MR) is 112 cm³/mol. The van der Waals surface area contributed by atoms with Gasteiger partial charge in [-0.05, 0) is 17.7 Å². The van der Waals surface area contributed by atoms with Gasteiger partial charge < -0.3 is 4.74 Å². The summed E-state index contributed by atoms with van der Waals surface area (Å²) in [6.45, 7) is 4.10. The minimum absolute atomic E-state index is 0.0701. The zero-order chi connectivity index (χ0) is 21.3. The summed E-state index contributed by atoms with van der Waals surface area (Å²) in [5, 5.41) is 13.4. The SMILES string of the molecule is C=CCOCc1cc(F)ccc1C=NNc1nc(-c2ccccc2)c(C#N)c(=O)[nH]1. The quantitative estimate of drug-likeness (QED) is 0.259. The number of halogens is 1. The lowest BCUT2D eigenvalue weighted by molar-refractivity contribution is 0.148. The molecule has 0 amide bonds. The number of nitrogens with one attached hydrogen (secondary N) is 2. The highest BCUT2D eigenvalue weighted by atomic mass is 19.1. The minimum Gasteiger partial charge on any atom is -0.373 e. The average Bonchev–Trinajstić information content (AvgIpc) is 2.75. The maximum absolute atomic E-state index is 13.6. The third-order valence-corrected chi connectivity index (χ3v) is 4.05. The largest absolute Gasteiger partial charge is 0.373 e. The van der Waals surface area contributed by atoms with Gasteiger partial charge >= 0.3 is 0 Å². The summed E-state index contributed by atoms with van der Waals surface area (Å²) in [5.41, 5.74) is 4.10. The molecule has 2 aromatic carbocycles. The molecule has 0 saturated heterocycles. The van der Waals surface area contributed by atoms with E-state index in [2.05, 4.69) is 27.1 Å². The van der Waals surface area contributed by atoms with Gasteiger partial charge in [0.1, 0.15) is 17.4 Å². The number of anilines is 1. The number of rotatable bonds is 8. The van der Waals surface area contributed by atoms with Gasteiger partial charge in [-0.1, -0.05) is 42.5 Å². The van der Waals surface area contributed by atoms with Crippen molar-refractivity contribution in [1.29, 1.82) is 5.26 Å². The van der Waals surface area contributed by atoms with E-state index in [-0.39, 0.29) is 29.6 Å². The second-order valence-electron chi connectivity index (χ2n) is 6.13. The molecule has 3 aromatic rings. The third kappa shape index (κ3) is 5.04. The molecule has 0 fully saturated rings. The topological polar surface area (TPSA) is 103 Å². The lowest BCUT2D eigenvalue weighted by Gasteiger charge is -2.07. The first-order valence-corrected chi connectivity index (χ1v) is 8.98. The Labute approximate surface area is 172 Å². The number of nitrogens with zero attached hydrogens (tertiary/aromatic N) is 3. The van der Waals surface area contributed by atoms with Crippen LogP contribution in [0.4, 0.5) is 10.3 Å². The van der Waals surface area contributed by atoms with Crippen molar-refractivity contribution in [3.8, 4) is 17.3 Å². The van der Waals surface area contributed by atoms with Crippen LogP contribution in [-0.2, 0) is 11.3 Å². The third-order valence-electron chi connectivity index (χ3n) is 4.05. The van der Waals surface area contributed by atoms with Crippen LogP contribution in [0.15, 0.2) is 71.1 Å². The monoisotopic (exact) mass is 403 g/mol. The van der Waals surface area contributed by atoms with Crippen LogP contribution in [0, 0.1) is 17.1 Å². The van der Waals surface area contributed by atoms with Crippen LogP contribution in [0.3, 0.4) is 0 Å². The van der Waals surface area contributed by atoms with Crippen molar-refractivity contribution >= 4 is 12.2 Å². The standard InChI is InChI=1S/C22H18FN5O2/c1-2-10-30-14-17-11-18(23)9-8-16(17)13-25-28-22-26-20(15-6-4-3-5-7-15)19(12-24)21(29)27-22/h2-9,11,13H,1,10,14H2,(H2,26,27,28,29). The summed E-state index contributed by atoms with van der Waals surface area (Å²) in [4.78, 5) is 19.0. The summed E-state index contributed by atoms with van der Waals surface area (Å²) < 4.78 is 18.9. The number of ether oxygens (including phenoxy) is 1. The number of aromatic nitrogens is 2. The van der Waals surface area contributed by atoms with E-state index < -0.39 is 5.56 Å². The molecule has 8 heteroatoms. The Morgan fingerprint density at radius 2 is 2.10 bits per heavy atom. The molecule has 0 unspecified atom stereocenters. The van der Waals surface area contributed by atoms with Crippen molar-refractivity contribution < 1.29 is 9.13 Å². The van der Waals surface area contributed by atoms with Gasteiger partial charge in [0.15, 0.2) is 0 Å². The zero-order valence-corrected chi connectivity index (χ0v) is 15.9. The first-order valence-electron chi connectivity index (χ1n) is 8.98. The Hall–Kier alpha value is -4.09. The number of benzene rings is 2. The molecule has 2 N–H and O–H groups in total. The summed E-state index contributed by atoms with van der Waals surface area (Å²) in [5.74, 6) is -0.316. The Bertz CT molecular complexity index is 1170. The van der Waals surface area contributed by atoms with Gasteiger partial charge in [0.25, 0.3) is 5.56 Å². The van der Waals surface area contributed by atoms with Gasteiger partial charge in [-0.25, -0.2) is 14.8 Å². The van der Waals surface area contributed by atoms with Crippen LogP contribution >= 0.6 is 0 Å². The van der Waals surface area contributed by atoms with E-state index >= 15 is 0 Å². The Balaban J connectivity index is 1.85. The van der Waals surface area contributed by atoms with Gasteiger partial charge in [0, 0.05) is 11.1 Å². The smallest absolute Gasteiger partial charge is 0.270 e. The van der Waals surface area contributed by atoms with Crippen LogP contribution in [-0.4, -0.2) is 22.8 Å². The minimum atomic E-state index is -0.579. The predicted octanol–water partition coefficient (Wildman–Crippen LogP) is 3.60. The number of hydrazone groups is 1. The molecule has 0 radical (unpaired) electrons. The van der Waals surface area contributed by atoms with Crippen molar-refractivity contribution in [3.63, 3.8) is 0 Å². The van der Waals surface area contributed by atoms with Gasteiger partial charge in [-0.2, -0.15) is 10.4 Å². The second kappa shape index (κ2) is 9.91. The van der Waals surface area contributed by atoms with E-state index in [0.29, 0.717) is 23.3 Å². The molecule has 3 rings (SSSR count). The van der Waals surface area contributed by atoms with E-state index in [0.717, 1.165) is 0 Å². The summed E-state index contributed by atoms with van der Waals surface area (Å²) in [6, 6.07) is 15.0. The molecular weight excluding hydrogens is 385 g/mol. The normalized spacial score (nSPS) is 10.7. The van der Waals surface area contributed by atoms with Crippen molar-refractivity contribution in [2.24, 2.45) is 5.10 Å². The van der Waals surface area contributed by atoms with E-state index in [4.69, 9.17) is 4.74 Å². The van der Waals surface area contributed by atoms with Crippen LogP contribution < -0.4 is 11.0 Å². The fraction of sp³-hybridized carbons (Fsp3) is 0.0909. The van der Waals surface area contributed by atoms with E-state index in [1.165, 1.54) is 18.3 Å². The van der Waals surface area contributed by atoms with Gasteiger partial charge in [0.05, 0.1) is 25.1 Å². The van der Waals surface area contributed by atoms with E-state index in [1.807, 2.05) is 12.1 Å². The first-order chi connectivity index (χ1) is 14.6. The molecule has 0 aliphatic rings. The molecule has 1 heterocycles. The highest BCUT2D eigenvalue weighted by molar-refractivity contribution is 5.82. The number of H-pyrrole nitrogens is 1. The fourth-order valence-corrected chi connectivity index (χ4v) is 2.68. The van der Waals surface area contributed by atoms with Crippen molar-refractivity contribution in [3.05, 3.63) is 94.0 Å². The first kappa shape index (κ1) is 20.6. The van der Waals surface area contributed by atoms with Crippen molar-refractivity contribution in [2.75, 3.05) is 12.0 Å². The summed E-state index contributed by atoms with van der Waals surface area (Å²) in [6.07, 6.45) is 3.07. The van der Waals surface area contributed by atoms with Crippen molar-refractivity contribution in [2.45, 2.75) is 6.61 Å². The Morgan fingerprint density at radius 1 is 1.30 bits per heavy atom. The van der Waals surface area contributed by atoms with E-state index in [1.54, 1.807) is 36.4 Å². The summed E-state index contributed by atoms with van der Waals surface area (Å²) >= 11 is 0. The second-order valence-corrected chi connectivity index (χ2v) is 6.13. The molecule has 0 aliphatic carbocycles. The van der Waals surface area contributed by atoms with Gasteiger partial charge in [-0.3, -0.25) is 9.78 Å². The highest BCUT2D eigenvalue weighted by Gasteiger charge is 2.12. The molecule has 0 saturated carbocycles. The molecule has 0 aliphatic heterocycles. The molecule has 0 bridgehead atoms. The molecular formula is C22H18FN5O2. The van der Waals surface area contributed by atoms with Crippen LogP contribution in [0.5, 0.6) is 0 Å². The molecule has 7 nitrogen and oxygen atoms in total. The molecule has 1 aromatic heterocycles. The van der Waals surface area contributed by atoms with Gasteiger partial charge in [-0.15, -0.1) is 6.58 Å². The lowest BCUT2D eigenvalue weighted by Crippen LogP contribution is -2.16. The molecule has 150 valence electrons. The van der Waals surface area contributed by atoms with Gasteiger partial charge in [0.2, 0.25) is 5.95 Å². The lowest BCUT2D eigenvalue weighted by atomic mass is 10.1. The highest BCUT2D eigenvalue weighted by Crippen LogP contribution is 2.19. The number of nitriles is 1. The van der Waals surface area contributed by atoms with Crippen molar-refractivity contribution in [1.82, 2.24) is 9.97 Å². The van der Waals surface area contributed by atoms with Crippen LogP contribution in [0.2, 0.25) is 0 Å². The Kier molecular flexibility index (Phi) is 6.82. The number of hydrogen-bond donors (Lipinski definition) is 2. The molecule has 0 atom stereocenters. The number of hydrogen-bond acceptors (Lipinski definition) is 6. The van der Waals surface area contributed by atoms with E-state index in [9.17, 15) is 14.4 Å².